The van der Waals surface area contributed by atoms with Crippen molar-refractivity contribution in [3.05, 3.63) is 77.1 Å². The van der Waals surface area contributed by atoms with Crippen LogP contribution in [0.2, 0.25) is 0 Å². The molecule has 0 bridgehead atoms. The molecule has 1 saturated carbocycles. The van der Waals surface area contributed by atoms with Gasteiger partial charge in [-0.25, -0.2) is 12.8 Å². The standard InChI is InChI=1S/C27H26FN3O6S2/c1-30-27(32)25-20-12-19(16-4-5-16)22(13-23(20)37-26(25)17-6-8-18(28)9-7-17)31(38(33)34)14-15-3-10-21(29)24(11-15)39(2,35)36/h3,6-13,16H,4-5,14,29H2,1-2H3,(H,30,32)(H,33,34)/p-1. The van der Waals surface area contributed by atoms with Crippen molar-refractivity contribution in [2.45, 2.75) is 30.2 Å². The molecular weight excluding hydrogens is 545 g/mol. The molecule has 1 fully saturated rings. The van der Waals surface area contributed by atoms with Crippen molar-refractivity contribution in [1.82, 2.24) is 5.32 Å². The molecule has 204 valence electrons. The Balaban J connectivity index is 1.68. The Hall–Kier alpha value is -3.74. The predicted molar refractivity (Wildman–Crippen MR) is 146 cm³/mol. The van der Waals surface area contributed by atoms with E-state index < -0.39 is 32.8 Å². The largest absolute Gasteiger partial charge is 0.755 e. The van der Waals surface area contributed by atoms with Crippen molar-refractivity contribution in [3.8, 4) is 11.3 Å². The van der Waals surface area contributed by atoms with Crippen LogP contribution < -0.4 is 15.4 Å². The molecule has 1 amide bonds. The number of nitrogens with one attached hydrogen (secondary N) is 1. The van der Waals surface area contributed by atoms with Crippen LogP contribution in [-0.2, 0) is 27.6 Å². The third-order valence-electron chi connectivity index (χ3n) is 6.67. The first-order valence-corrected chi connectivity index (χ1v) is 14.9. The molecule has 1 aromatic heterocycles. The molecule has 3 N–H and O–H groups in total. The van der Waals surface area contributed by atoms with Gasteiger partial charge in [0.2, 0.25) is 0 Å². The summed E-state index contributed by atoms with van der Waals surface area (Å²) in [4.78, 5) is 12.9. The Morgan fingerprint density at radius 1 is 1.18 bits per heavy atom. The second kappa shape index (κ2) is 10.1. The zero-order chi connectivity index (χ0) is 28.1. The lowest BCUT2D eigenvalue weighted by Crippen LogP contribution is -2.26. The van der Waals surface area contributed by atoms with Crippen molar-refractivity contribution in [1.29, 1.82) is 0 Å². The fourth-order valence-corrected chi connectivity index (χ4v) is 6.06. The summed E-state index contributed by atoms with van der Waals surface area (Å²) in [5.74, 6) is -0.531. The lowest BCUT2D eigenvalue weighted by Gasteiger charge is -2.29. The third-order valence-corrected chi connectivity index (χ3v) is 8.51. The summed E-state index contributed by atoms with van der Waals surface area (Å²) < 4.78 is 70.2. The number of fused-ring (bicyclic) bond motifs is 1. The van der Waals surface area contributed by atoms with Gasteiger partial charge in [-0.1, -0.05) is 6.07 Å². The molecule has 1 heterocycles. The third kappa shape index (κ3) is 5.27. The summed E-state index contributed by atoms with van der Waals surface area (Å²) in [7, 11) is -2.14. The number of nitrogens with two attached hydrogens (primary N) is 1. The number of rotatable bonds is 8. The number of nitrogens with zero attached hydrogens (tertiary/aromatic N) is 1. The van der Waals surface area contributed by atoms with Crippen molar-refractivity contribution < 1.29 is 30.8 Å². The number of halogens is 1. The monoisotopic (exact) mass is 570 g/mol. The summed E-state index contributed by atoms with van der Waals surface area (Å²) in [5, 5.41) is 3.12. The maximum absolute atomic E-state index is 13.6. The van der Waals surface area contributed by atoms with E-state index in [0.29, 0.717) is 22.2 Å². The fraction of sp³-hybridized carbons (Fsp3) is 0.222. The topological polar surface area (TPSA) is 146 Å². The second-order valence-electron chi connectivity index (χ2n) is 9.47. The van der Waals surface area contributed by atoms with Crippen LogP contribution in [0.5, 0.6) is 0 Å². The van der Waals surface area contributed by atoms with Crippen LogP contribution in [-0.4, -0.2) is 36.4 Å². The van der Waals surface area contributed by atoms with Gasteiger partial charge >= 0.3 is 0 Å². The zero-order valence-corrected chi connectivity index (χ0v) is 22.7. The van der Waals surface area contributed by atoms with Crippen molar-refractivity contribution >= 4 is 49.4 Å². The Labute approximate surface area is 227 Å². The van der Waals surface area contributed by atoms with Gasteiger partial charge < -0.3 is 20.0 Å². The molecule has 3 aromatic carbocycles. The highest BCUT2D eigenvalue weighted by atomic mass is 32.2. The minimum absolute atomic E-state index is 0.0711. The van der Waals surface area contributed by atoms with E-state index in [4.69, 9.17) is 10.2 Å². The molecule has 1 unspecified atom stereocenters. The smallest absolute Gasteiger partial charge is 0.255 e. The summed E-state index contributed by atoms with van der Waals surface area (Å²) in [6.07, 6.45) is 2.72. The number of furan rings is 1. The van der Waals surface area contributed by atoms with Crippen molar-refractivity contribution in [2.75, 3.05) is 23.3 Å². The van der Waals surface area contributed by atoms with Crippen LogP contribution in [0.4, 0.5) is 15.8 Å². The molecule has 0 saturated heterocycles. The fourth-order valence-electron chi connectivity index (χ4n) is 4.62. The zero-order valence-electron chi connectivity index (χ0n) is 21.1. The summed E-state index contributed by atoms with van der Waals surface area (Å²) in [6.45, 7) is -0.155. The molecule has 1 atom stereocenters. The Bertz CT molecular complexity index is 1730. The van der Waals surface area contributed by atoms with Crippen molar-refractivity contribution in [2.24, 2.45) is 0 Å². The van der Waals surface area contributed by atoms with E-state index in [1.54, 1.807) is 18.2 Å². The number of anilines is 2. The van der Waals surface area contributed by atoms with Crippen LogP contribution in [0.1, 0.15) is 40.2 Å². The van der Waals surface area contributed by atoms with Crippen molar-refractivity contribution in [3.63, 3.8) is 0 Å². The molecule has 0 spiro atoms. The second-order valence-corrected chi connectivity index (χ2v) is 12.3. The van der Waals surface area contributed by atoms with E-state index in [2.05, 4.69) is 5.32 Å². The van der Waals surface area contributed by atoms with E-state index in [9.17, 15) is 26.4 Å². The molecule has 5 rings (SSSR count). The lowest BCUT2D eigenvalue weighted by atomic mass is 10.00. The molecular formula is C27H25FN3O6S2-. The Morgan fingerprint density at radius 2 is 1.87 bits per heavy atom. The highest BCUT2D eigenvalue weighted by Gasteiger charge is 2.31. The molecule has 1 aliphatic carbocycles. The van der Waals surface area contributed by atoms with Gasteiger partial charge in [-0.15, -0.1) is 0 Å². The van der Waals surface area contributed by atoms with Crippen LogP contribution >= 0.6 is 0 Å². The number of carbonyl (C=O) groups excluding carboxylic acids is 1. The molecule has 39 heavy (non-hydrogen) atoms. The van der Waals surface area contributed by atoms with Crippen LogP contribution in [0.3, 0.4) is 0 Å². The van der Waals surface area contributed by atoms with Crippen LogP contribution in [0.15, 0.2) is 63.9 Å². The number of benzene rings is 3. The highest BCUT2D eigenvalue weighted by Crippen LogP contribution is 2.48. The Morgan fingerprint density at radius 3 is 2.46 bits per heavy atom. The molecule has 1 aliphatic rings. The van der Waals surface area contributed by atoms with Gasteiger partial charge in [0.05, 0.1) is 28.4 Å². The maximum Gasteiger partial charge on any atom is 0.255 e. The average Bonchev–Trinajstić information content (AvgIpc) is 3.67. The SMILES string of the molecule is CNC(=O)c1c(-c2ccc(F)cc2)oc2cc(N(Cc3ccc(N)c(S(C)(=O)=O)c3)S(=O)[O-])c(C3CC3)cc12. The van der Waals surface area contributed by atoms with Gasteiger partial charge in [-0.2, -0.15) is 0 Å². The van der Waals surface area contributed by atoms with E-state index in [1.165, 1.54) is 43.4 Å². The minimum Gasteiger partial charge on any atom is -0.755 e. The van der Waals surface area contributed by atoms with Crippen LogP contribution in [0.25, 0.3) is 22.3 Å². The molecule has 0 radical (unpaired) electrons. The summed E-state index contributed by atoms with van der Waals surface area (Å²) in [6, 6.07) is 13.2. The van der Waals surface area contributed by atoms with E-state index >= 15 is 0 Å². The average molecular weight is 571 g/mol. The molecule has 0 aliphatic heterocycles. The lowest BCUT2D eigenvalue weighted by molar-refractivity contribution is 0.0964. The first-order chi connectivity index (χ1) is 18.5. The Kier molecular flexibility index (Phi) is 6.95. The number of nitrogen functional groups attached to an aromatic ring is 1. The van der Waals surface area contributed by atoms with E-state index in [-0.39, 0.29) is 40.0 Å². The number of hydrogen-bond acceptors (Lipinski definition) is 7. The first-order valence-electron chi connectivity index (χ1n) is 12.0. The van der Waals surface area contributed by atoms with Gasteiger partial charge in [-0.05, 0) is 72.4 Å². The molecule has 4 aromatic rings. The van der Waals surface area contributed by atoms with Gasteiger partial charge in [0.25, 0.3) is 5.91 Å². The minimum atomic E-state index is -3.63. The van der Waals surface area contributed by atoms with E-state index in [0.717, 1.165) is 29.0 Å². The quantitative estimate of drug-likeness (QED) is 0.238. The van der Waals surface area contributed by atoms with Gasteiger partial charge in [0.15, 0.2) is 9.84 Å². The normalized spacial score (nSPS) is 14.4. The van der Waals surface area contributed by atoms with Gasteiger partial charge in [0, 0.05) is 41.6 Å². The summed E-state index contributed by atoms with van der Waals surface area (Å²) in [5.41, 5.74) is 8.44. The molecule has 12 heteroatoms. The highest BCUT2D eigenvalue weighted by molar-refractivity contribution is 7.90. The summed E-state index contributed by atoms with van der Waals surface area (Å²) >= 11 is -2.74. The number of sulfone groups is 1. The maximum atomic E-state index is 13.6. The first kappa shape index (κ1) is 26.9. The number of hydrogen-bond donors (Lipinski definition) is 2. The van der Waals surface area contributed by atoms with Gasteiger partial charge in [-0.3, -0.25) is 13.3 Å². The number of carbonyl (C=O) groups is 1. The molecule has 9 nitrogen and oxygen atoms in total. The van der Waals surface area contributed by atoms with Crippen LogP contribution in [0, 0.1) is 5.82 Å². The predicted octanol–water partition coefficient (Wildman–Crippen LogP) is 4.26. The van der Waals surface area contributed by atoms with Gasteiger partial charge in [0.1, 0.15) is 17.2 Å². The van der Waals surface area contributed by atoms with E-state index in [1.807, 2.05) is 0 Å². The number of amides is 1.